The molecular formula is C24H30F2N4O4. The number of aryl methyl sites for hydroxylation is 1. The molecule has 10 heteroatoms. The number of halogens is 2. The molecule has 1 aromatic heterocycles. The van der Waals surface area contributed by atoms with Crippen LogP contribution in [0.15, 0.2) is 18.2 Å². The number of fused-ring (bicyclic) bond motifs is 1. The Labute approximate surface area is 196 Å². The highest BCUT2D eigenvalue weighted by Gasteiger charge is 2.46. The molecule has 2 saturated heterocycles. The van der Waals surface area contributed by atoms with Crippen molar-refractivity contribution in [1.29, 1.82) is 0 Å². The van der Waals surface area contributed by atoms with Crippen LogP contribution in [0, 0.1) is 0 Å². The molecule has 0 radical (unpaired) electrons. The van der Waals surface area contributed by atoms with Crippen LogP contribution in [0.3, 0.4) is 0 Å². The van der Waals surface area contributed by atoms with E-state index in [-0.39, 0.29) is 31.2 Å². The lowest BCUT2D eigenvalue weighted by Gasteiger charge is -2.38. The topological polar surface area (TPSA) is 93.5 Å². The molecule has 2 amide bonds. The minimum Gasteiger partial charge on any atom is -0.459 e. The van der Waals surface area contributed by atoms with Crippen molar-refractivity contribution >= 4 is 28.7 Å². The van der Waals surface area contributed by atoms with Gasteiger partial charge in [-0.3, -0.25) is 29.3 Å². The quantitative estimate of drug-likeness (QED) is 0.539. The molecule has 3 heterocycles. The third-order valence-electron chi connectivity index (χ3n) is 6.33. The summed E-state index contributed by atoms with van der Waals surface area (Å²) in [5.41, 5.74) is 1.03. The molecule has 2 aliphatic heterocycles. The third kappa shape index (κ3) is 4.96. The Morgan fingerprint density at radius 2 is 2.00 bits per heavy atom. The number of amides is 2. The van der Waals surface area contributed by atoms with E-state index in [1.165, 1.54) is 4.90 Å². The molecule has 4 rings (SSSR count). The van der Waals surface area contributed by atoms with Crippen molar-refractivity contribution in [3.8, 4) is 0 Å². The minimum atomic E-state index is -3.03. The summed E-state index contributed by atoms with van der Waals surface area (Å²) >= 11 is 0. The van der Waals surface area contributed by atoms with Gasteiger partial charge in [-0.05, 0) is 51.8 Å². The first kappa shape index (κ1) is 24.3. The van der Waals surface area contributed by atoms with E-state index in [0.717, 1.165) is 0 Å². The van der Waals surface area contributed by atoms with Gasteiger partial charge in [0.25, 0.3) is 5.92 Å². The summed E-state index contributed by atoms with van der Waals surface area (Å²) in [6.45, 7) is 4.88. The first-order valence-electron chi connectivity index (χ1n) is 11.5. The summed E-state index contributed by atoms with van der Waals surface area (Å²) in [6, 6.07) is 5.11. The molecule has 8 nitrogen and oxygen atoms in total. The molecular weight excluding hydrogens is 446 g/mol. The first-order valence-corrected chi connectivity index (χ1v) is 11.5. The average molecular weight is 477 g/mol. The smallest absolute Gasteiger partial charge is 0.320 e. The number of aromatic nitrogens is 2. The summed E-state index contributed by atoms with van der Waals surface area (Å²) in [6.07, 6.45) is 0.798. The Kier molecular flexibility index (Phi) is 6.22. The van der Waals surface area contributed by atoms with Crippen LogP contribution in [0.1, 0.15) is 63.1 Å². The second-order valence-electron chi connectivity index (χ2n) is 10.2. The van der Waals surface area contributed by atoms with Crippen molar-refractivity contribution in [2.75, 3.05) is 19.6 Å². The van der Waals surface area contributed by atoms with E-state index in [9.17, 15) is 14.4 Å². The molecule has 2 atom stereocenters. The van der Waals surface area contributed by atoms with Crippen molar-refractivity contribution in [2.24, 2.45) is 7.05 Å². The Bertz CT molecular complexity index is 1140. The molecule has 34 heavy (non-hydrogen) atoms. The van der Waals surface area contributed by atoms with E-state index in [4.69, 9.17) is 4.74 Å². The molecule has 2 unspecified atom stereocenters. The predicted octanol–water partition coefficient (Wildman–Crippen LogP) is 2.86. The maximum atomic E-state index is 15.2. The number of carbonyl (C=O) groups excluding carboxylic acids is 3. The highest BCUT2D eigenvalue weighted by molar-refractivity contribution is 6.02. The van der Waals surface area contributed by atoms with Gasteiger partial charge in [0.2, 0.25) is 11.8 Å². The predicted molar refractivity (Wildman–Crippen MR) is 120 cm³/mol. The van der Waals surface area contributed by atoms with Crippen LogP contribution in [-0.2, 0) is 26.2 Å². The molecule has 2 aromatic rings. The molecule has 2 fully saturated rings. The zero-order valence-corrected chi connectivity index (χ0v) is 19.9. The summed E-state index contributed by atoms with van der Waals surface area (Å²) in [5, 5.41) is 7.54. The Morgan fingerprint density at radius 1 is 1.26 bits per heavy atom. The van der Waals surface area contributed by atoms with Gasteiger partial charge in [0, 0.05) is 18.9 Å². The number of nitrogens with one attached hydrogen (secondary N) is 1. The van der Waals surface area contributed by atoms with E-state index in [1.54, 1.807) is 50.7 Å². The van der Waals surface area contributed by atoms with Crippen LogP contribution in [0.5, 0.6) is 0 Å². The van der Waals surface area contributed by atoms with Gasteiger partial charge in [-0.15, -0.1) is 0 Å². The van der Waals surface area contributed by atoms with E-state index < -0.39 is 35.9 Å². The van der Waals surface area contributed by atoms with Crippen LogP contribution >= 0.6 is 0 Å². The number of imide groups is 1. The number of hydrogen-bond donors (Lipinski definition) is 1. The van der Waals surface area contributed by atoms with Crippen LogP contribution in [0.25, 0.3) is 10.9 Å². The van der Waals surface area contributed by atoms with Crippen molar-refractivity contribution < 1.29 is 27.9 Å². The van der Waals surface area contributed by atoms with Crippen molar-refractivity contribution in [2.45, 2.75) is 63.4 Å². The Balaban J connectivity index is 1.53. The van der Waals surface area contributed by atoms with Crippen molar-refractivity contribution in [3.63, 3.8) is 0 Å². The number of ether oxygens (including phenoxy) is 1. The number of hydrogen-bond acceptors (Lipinski definition) is 6. The molecule has 0 spiro atoms. The van der Waals surface area contributed by atoms with Crippen molar-refractivity contribution in [3.05, 3.63) is 29.5 Å². The molecule has 1 aromatic carbocycles. The minimum absolute atomic E-state index is 0.171. The molecule has 0 bridgehead atoms. The highest BCUT2D eigenvalue weighted by atomic mass is 19.3. The molecule has 0 aliphatic carbocycles. The normalized spacial score (nSPS) is 23.7. The summed E-state index contributed by atoms with van der Waals surface area (Å²) in [5.74, 6) is -5.78. The number of likely N-dealkylation sites (tertiary alicyclic amines) is 1. The summed E-state index contributed by atoms with van der Waals surface area (Å²) < 4.78 is 37.2. The van der Waals surface area contributed by atoms with E-state index in [0.29, 0.717) is 35.1 Å². The molecule has 1 N–H and O–H groups in total. The van der Waals surface area contributed by atoms with Crippen molar-refractivity contribution in [1.82, 2.24) is 20.0 Å². The largest absolute Gasteiger partial charge is 0.459 e. The second kappa shape index (κ2) is 8.72. The SMILES string of the molecule is Cn1nc(C2CCC(=O)NC2=O)c2ccc(C3CCN(CC(=O)OC(C)(C)C)CC3(F)F)cc21. The standard InChI is InChI=1S/C24H30F2N4O4/c1-23(2,3)34-20(32)12-30-10-9-17(24(25,26)13-30)14-5-6-15-18(11-14)29(4)28-21(15)16-7-8-19(31)27-22(16)33/h5-6,11,16-17H,7-10,12-13H2,1-4H3,(H,27,31,33). The zero-order chi connectivity index (χ0) is 24.8. The number of rotatable bonds is 4. The number of piperidine rings is 2. The monoisotopic (exact) mass is 476 g/mol. The van der Waals surface area contributed by atoms with E-state index in [1.807, 2.05) is 0 Å². The van der Waals surface area contributed by atoms with Crippen LogP contribution < -0.4 is 5.32 Å². The number of benzene rings is 1. The Morgan fingerprint density at radius 3 is 2.65 bits per heavy atom. The number of esters is 1. The van der Waals surface area contributed by atoms with Gasteiger partial charge in [0.15, 0.2) is 0 Å². The highest BCUT2D eigenvalue weighted by Crippen LogP contribution is 2.41. The number of carbonyl (C=O) groups is 3. The van der Waals surface area contributed by atoms with Gasteiger partial charge in [0.1, 0.15) is 5.60 Å². The van der Waals surface area contributed by atoms with Crippen LogP contribution in [0.2, 0.25) is 0 Å². The molecule has 0 saturated carbocycles. The maximum absolute atomic E-state index is 15.2. The fraction of sp³-hybridized carbons (Fsp3) is 0.583. The lowest BCUT2D eigenvalue weighted by atomic mass is 9.85. The van der Waals surface area contributed by atoms with Gasteiger partial charge in [-0.2, -0.15) is 5.10 Å². The maximum Gasteiger partial charge on any atom is 0.320 e. The van der Waals surface area contributed by atoms with Crippen LogP contribution in [-0.4, -0.2) is 63.6 Å². The van der Waals surface area contributed by atoms with E-state index in [2.05, 4.69) is 10.4 Å². The zero-order valence-electron chi connectivity index (χ0n) is 19.9. The first-order chi connectivity index (χ1) is 15.8. The number of alkyl halides is 2. The van der Waals surface area contributed by atoms with Gasteiger partial charge in [-0.25, -0.2) is 8.78 Å². The fourth-order valence-corrected chi connectivity index (χ4v) is 4.84. The second-order valence-corrected chi connectivity index (χ2v) is 10.2. The third-order valence-corrected chi connectivity index (χ3v) is 6.33. The average Bonchev–Trinajstić information content (AvgIpc) is 3.01. The Hall–Kier alpha value is -2.88. The van der Waals surface area contributed by atoms with Gasteiger partial charge >= 0.3 is 5.97 Å². The summed E-state index contributed by atoms with van der Waals surface area (Å²) in [7, 11) is 1.71. The van der Waals surface area contributed by atoms with Gasteiger partial charge in [0.05, 0.1) is 36.1 Å². The lowest BCUT2D eigenvalue weighted by Crippen LogP contribution is -2.49. The summed E-state index contributed by atoms with van der Waals surface area (Å²) in [4.78, 5) is 37.3. The molecule has 184 valence electrons. The van der Waals surface area contributed by atoms with Gasteiger partial charge < -0.3 is 4.74 Å². The van der Waals surface area contributed by atoms with Gasteiger partial charge in [-0.1, -0.05) is 12.1 Å². The fourth-order valence-electron chi connectivity index (χ4n) is 4.84. The lowest BCUT2D eigenvalue weighted by molar-refractivity contribution is -0.159. The van der Waals surface area contributed by atoms with Crippen LogP contribution in [0.4, 0.5) is 8.78 Å². The molecule has 2 aliphatic rings. The van der Waals surface area contributed by atoms with E-state index >= 15 is 8.78 Å². The number of nitrogens with zero attached hydrogens (tertiary/aromatic N) is 3.